The van der Waals surface area contributed by atoms with Crippen LogP contribution in [-0.4, -0.2) is 29.9 Å². The third kappa shape index (κ3) is 6.14. The maximum absolute atomic E-state index is 12.0. The van der Waals surface area contributed by atoms with E-state index in [0.717, 1.165) is 0 Å². The van der Waals surface area contributed by atoms with Gasteiger partial charge in [-0.15, -0.1) is 12.4 Å². The van der Waals surface area contributed by atoms with Gasteiger partial charge in [0.2, 0.25) is 0 Å². The van der Waals surface area contributed by atoms with Crippen LogP contribution in [0.2, 0.25) is 0 Å². The van der Waals surface area contributed by atoms with Gasteiger partial charge in [-0.05, 0) is 39.8 Å². The van der Waals surface area contributed by atoms with Crippen LogP contribution < -0.4 is 15.8 Å². The molecule has 21 heavy (non-hydrogen) atoms. The van der Waals surface area contributed by atoms with E-state index in [1.807, 2.05) is 13.8 Å². The second-order valence-corrected chi connectivity index (χ2v) is 5.42. The highest BCUT2D eigenvalue weighted by atomic mass is 35.5. The van der Waals surface area contributed by atoms with Gasteiger partial charge in [-0.25, -0.2) is 0 Å². The molecule has 1 amide bonds. The topological polar surface area (TPSA) is 81.4 Å². The van der Waals surface area contributed by atoms with Crippen LogP contribution in [0.25, 0.3) is 0 Å². The summed E-state index contributed by atoms with van der Waals surface area (Å²) in [7, 11) is 0. The maximum Gasteiger partial charge on any atom is 0.261 e. The molecule has 0 saturated heterocycles. The average Bonchev–Trinajstić information content (AvgIpc) is 2.38. The molecule has 0 aliphatic carbocycles. The van der Waals surface area contributed by atoms with Gasteiger partial charge >= 0.3 is 0 Å². The van der Waals surface area contributed by atoms with Gasteiger partial charge < -0.3 is 15.8 Å². The van der Waals surface area contributed by atoms with Gasteiger partial charge in [0, 0.05) is 17.6 Å². The van der Waals surface area contributed by atoms with Gasteiger partial charge in [-0.3, -0.25) is 9.59 Å². The fraction of sp³-hybridized carbons (Fsp3) is 0.467. The van der Waals surface area contributed by atoms with Crippen LogP contribution in [0.5, 0.6) is 5.75 Å². The molecule has 0 radical (unpaired) electrons. The van der Waals surface area contributed by atoms with Crippen molar-refractivity contribution in [2.75, 3.05) is 6.54 Å². The first-order chi connectivity index (χ1) is 9.25. The van der Waals surface area contributed by atoms with E-state index in [1.165, 1.54) is 6.92 Å². The minimum atomic E-state index is -0.664. The molecule has 5 nitrogen and oxygen atoms in total. The summed E-state index contributed by atoms with van der Waals surface area (Å²) in [6.45, 7) is 7.16. The Morgan fingerprint density at radius 2 is 2.00 bits per heavy atom. The van der Waals surface area contributed by atoms with Gasteiger partial charge in [0.15, 0.2) is 11.9 Å². The van der Waals surface area contributed by atoms with Crippen molar-refractivity contribution in [3.8, 4) is 5.75 Å². The van der Waals surface area contributed by atoms with Crippen molar-refractivity contribution in [2.24, 2.45) is 5.73 Å². The molecule has 0 saturated carbocycles. The number of rotatable bonds is 6. The van der Waals surface area contributed by atoms with E-state index in [0.29, 0.717) is 17.9 Å². The molecule has 6 heteroatoms. The summed E-state index contributed by atoms with van der Waals surface area (Å²) in [5.74, 6) is 0.205. The predicted octanol–water partition coefficient (Wildman–Crippen LogP) is 1.93. The summed E-state index contributed by atoms with van der Waals surface area (Å²) in [5, 5.41) is 2.81. The summed E-state index contributed by atoms with van der Waals surface area (Å²) >= 11 is 0. The fourth-order valence-corrected chi connectivity index (χ4v) is 1.53. The van der Waals surface area contributed by atoms with Crippen molar-refractivity contribution >= 4 is 24.1 Å². The van der Waals surface area contributed by atoms with E-state index < -0.39 is 11.6 Å². The van der Waals surface area contributed by atoms with E-state index in [4.69, 9.17) is 10.5 Å². The molecule has 1 unspecified atom stereocenters. The SMILES string of the molecule is CC(=O)c1cccc(OC(C)C(=O)NC(C)(C)CN)c1.Cl. The first-order valence-electron chi connectivity index (χ1n) is 6.55. The number of benzene rings is 1. The number of hydrogen-bond acceptors (Lipinski definition) is 4. The van der Waals surface area contributed by atoms with Crippen LogP contribution in [0.1, 0.15) is 38.1 Å². The van der Waals surface area contributed by atoms with Crippen molar-refractivity contribution in [3.63, 3.8) is 0 Å². The third-order valence-corrected chi connectivity index (χ3v) is 2.89. The van der Waals surface area contributed by atoms with Crippen LogP contribution in [-0.2, 0) is 4.79 Å². The number of amides is 1. The molecular weight excluding hydrogens is 292 g/mol. The van der Waals surface area contributed by atoms with Crippen molar-refractivity contribution in [3.05, 3.63) is 29.8 Å². The number of nitrogens with two attached hydrogens (primary N) is 1. The Bertz CT molecular complexity index is 503. The smallest absolute Gasteiger partial charge is 0.261 e. The summed E-state index contributed by atoms with van der Waals surface area (Å²) in [5.41, 5.74) is 5.64. The second-order valence-electron chi connectivity index (χ2n) is 5.42. The minimum absolute atomic E-state index is 0. The molecule has 1 aromatic rings. The third-order valence-electron chi connectivity index (χ3n) is 2.89. The summed E-state index contributed by atoms with van der Waals surface area (Å²) < 4.78 is 5.55. The Hall–Kier alpha value is -1.59. The minimum Gasteiger partial charge on any atom is -0.481 e. The highest BCUT2D eigenvalue weighted by Crippen LogP contribution is 2.15. The molecule has 1 atom stereocenters. The summed E-state index contributed by atoms with van der Waals surface area (Å²) in [4.78, 5) is 23.3. The zero-order valence-corrected chi connectivity index (χ0v) is 13.6. The molecule has 1 aromatic carbocycles. The van der Waals surface area contributed by atoms with Gasteiger partial charge in [0.25, 0.3) is 5.91 Å². The lowest BCUT2D eigenvalue weighted by atomic mass is 10.1. The lowest BCUT2D eigenvalue weighted by Gasteiger charge is -2.26. The Kier molecular flexibility index (Phi) is 7.39. The van der Waals surface area contributed by atoms with Crippen LogP contribution in [0.3, 0.4) is 0 Å². The molecule has 0 fully saturated rings. The number of hydrogen-bond donors (Lipinski definition) is 2. The molecule has 0 heterocycles. The number of carbonyl (C=O) groups excluding carboxylic acids is 2. The predicted molar refractivity (Wildman–Crippen MR) is 85.1 cm³/mol. The largest absolute Gasteiger partial charge is 0.481 e. The summed E-state index contributed by atoms with van der Waals surface area (Å²) in [6, 6.07) is 6.77. The van der Waals surface area contributed by atoms with Crippen molar-refractivity contribution in [1.82, 2.24) is 5.32 Å². The second kappa shape index (κ2) is 8.00. The highest BCUT2D eigenvalue weighted by molar-refractivity contribution is 5.94. The molecule has 0 aliphatic rings. The molecule has 3 N–H and O–H groups in total. The standard InChI is InChI=1S/C15H22N2O3.ClH/c1-10(18)12-6-5-7-13(8-12)20-11(2)14(19)17-15(3,4)9-16;/h5-8,11H,9,16H2,1-4H3,(H,17,19);1H. The number of nitrogens with one attached hydrogen (secondary N) is 1. The van der Waals surface area contributed by atoms with Crippen molar-refractivity contribution in [2.45, 2.75) is 39.3 Å². The molecule has 0 spiro atoms. The lowest BCUT2D eigenvalue weighted by molar-refractivity contribution is -0.128. The van der Waals surface area contributed by atoms with Crippen LogP contribution in [0.15, 0.2) is 24.3 Å². The Morgan fingerprint density at radius 3 is 2.52 bits per heavy atom. The number of carbonyl (C=O) groups is 2. The number of halogens is 1. The quantitative estimate of drug-likeness (QED) is 0.786. The van der Waals surface area contributed by atoms with Crippen LogP contribution >= 0.6 is 12.4 Å². The molecule has 0 aromatic heterocycles. The zero-order valence-electron chi connectivity index (χ0n) is 12.8. The molecule has 0 bridgehead atoms. The molecule has 1 rings (SSSR count). The molecule has 118 valence electrons. The van der Waals surface area contributed by atoms with E-state index in [9.17, 15) is 9.59 Å². The number of Topliss-reactive ketones (excluding diaryl/α,β-unsaturated/α-hetero) is 1. The van der Waals surface area contributed by atoms with E-state index >= 15 is 0 Å². The van der Waals surface area contributed by atoms with E-state index in [-0.39, 0.29) is 24.1 Å². The fourth-order valence-electron chi connectivity index (χ4n) is 1.53. The summed E-state index contributed by atoms with van der Waals surface area (Å²) in [6.07, 6.45) is -0.664. The van der Waals surface area contributed by atoms with Crippen LogP contribution in [0.4, 0.5) is 0 Å². The molecular formula is C15H23ClN2O3. The van der Waals surface area contributed by atoms with Gasteiger partial charge in [0.1, 0.15) is 5.75 Å². The lowest BCUT2D eigenvalue weighted by Crippen LogP contribution is -2.52. The van der Waals surface area contributed by atoms with Gasteiger partial charge in [-0.1, -0.05) is 12.1 Å². The first kappa shape index (κ1) is 19.4. The van der Waals surface area contributed by atoms with Crippen molar-refractivity contribution < 1.29 is 14.3 Å². The van der Waals surface area contributed by atoms with Crippen LogP contribution in [0, 0.1) is 0 Å². The normalized spacial score (nSPS) is 12.0. The number of ether oxygens (including phenoxy) is 1. The molecule has 0 aliphatic heterocycles. The maximum atomic E-state index is 12.0. The Morgan fingerprint density at radius 1 is 1.38 bits per heavy atom. The first-order valence-corrected chi connectivity index (χ1v) is 6.55. The monoisotopic (exact) mass is 314 g/mol. The average molecular weight is 315 g/mol. The number of ketones is 1. The van der Waals surface area contributed by atoms with E-state index in [2.05, 4.69) is 5.32 Å². The Balaban J connectivity index is 0.00000400. The zero-order chi connectivity index (χ0) is 15.3. The highest BCUT2D eigenvalue weighted by Gasteiger charge is 2.23. The van der Waals surface area contributed by atoms with Gasteiger partial charge in [0.05, 0.1) is 0 Å². The van der Waals surface area contributed by atoms with E-state index in [1.54, 1.807) is 31.2 Å². The van der Waals surface area contributed by atoms with Gasteiger partial charge in [-0.2, -0.15) is 0 Å². The van der Waals surface area contributed by atoms with Crippen molar-refractivity contribution in [1.29, 1.82) is 0 Å². The Labute approximate surface area is 131 Å².